The molecular formula is C24H18N4O3S. The summed E-state index contributed by atoms with van der Waals surface area (Å²) in [6.07, 6.45) is 0. The molecule has 0 amide bonds. The van der Waals surface area contributed by atoms with Crippen molar-refractivity contribution in [3.63, 3.8) is 0 Å². The first-order valence-electron chi connectivity index (χ1n) is 10.1. The standard InChI is InChI=1S/C24H18N4O3S/c29-22-21(17-7-3-1-4-8-17)23(32)27(19-11-13-20(14-12-19)28(30)31)24-25(15-16-26(22)24)18-9-5-2-6-10-18/h1-14H,15-16H2. The highest BCUT2D eigenvalue weighted by molar-refractivity contribution is 7.58. The average molecular weight is 443 g/mol. The quantitative estimate of drug-likeness (QED) is 0.158. The Kier molecular flexibility index (Phi) is 4.91. The molecule has 1 aromatic heterocycles. The fourth-order valence-corrected chi connectivity index (χ4v) is 4.46. The van der Waals surface area contributed by atoms with Crippen molar-refractivity contribution < 1.29 is 9.49 Å². The molecule has 0 aliphatic carbocycles. The molecular weight excluding hydrogens is 424 g/mol. The van der Waals surface area contributed by atoms with E-state index < -0.39 is 4.92 Å². The lowest BCUT2D eigenvalue weighted by molar-refractivity contribution is -0.625. The van der Waals surface area contributed by atoms with Crippen molar-refractivity contribution in [1.29, 1.82) is 0 Å². The lowest BCUT2D eigenvalue weighted by atomic mass is 10.1. The van der Waals surface area contributed by atoms with Gasteiger partial charge in [-0.1, -0.05) is 48.5 Å². The molecule has 0 N–H and O–H groups in total. The summed E-state index contributed by atoms with van der Waals surface area (Å²) in [5, 5.41) is 11.5. The SMILES string of the molecule is O=c1c(-c2ccccc2)c([S-])[n+](-c2ccc([N+](=O)[O-])cc2)c2n1CCN2c1ccccc1. The third-order valence-electron chi connectivity index (χ3n) is 5.56. The summed E-state index contributed by atoms with van der Waals surface area (Å²) in [5.41, 5.74) is 2.63. The van der Waals surface area contributed by atoms with Crippen LogP contribution in [0.3, 0.4) is 0 Å². The molecule has 158 valence electrons. The number of benzene rings is 3. The average Bonchev–Trinajstić information content (AvgIpc) is 3.26. The number of hydrogen-bond donors (Lipinski definition) is 0. The van der Waals surface area contributed by atoms with Gasteiger partial charge in [-0.25, -0.2) is 9.47 Å². The summed E-state index contributed by atoms with van der Waals surface area (Å²) in [5.74, 6) is 0.639. The Labute approximate surface area is 189 Å². The van der Waals surface area contributed by atoms with Crippen LogP contribution in [0.1, 0.15) is 0 Å². The van der Waals surface area contributed by atoms with Crippen LogP contribution in [-0.2, 0) is 19.2 Å². The number of nitrogens with zero attached hydrogens (tertiary/aromatic N) is 4. The van der Waals surface area contributed by atoms with Crippen molar-refractivity contribution in [2.75, 3.05) is 11.4 Å². The zero-order chi connectivity index (χ0) is 22.2. The van der Waals surface area contributed by atoms with Gasteiger partial charge in [0.2, 0.25) is 0 Å². The van der Waals surface area contributed by atoms with Crippen LogP contribution in [0.2, 0.25) is 0 Å². The third kappa shape index (κ3) is 3.21. The van der Waals surface area contributed by atoms with E-state index in [2.05, 4.69) is 0 Å². The van der Waals surface area contributed by atoms with Crippen molar-refractivity contribution in [2.24, 2.45) is 0 Å². The van der Waals surface area contributed by atoms with Gasteiger partial charge in [-0.3, -0.25) is 14.9 Å². The van der Waals surface area contributed by atoms with Crippen LogP contribution in [-0.4, -0.2) is 16.0 Å². The van der Waals surface area contributed by atoms with Crippen LogP contribution < -0.4 is 15.0 Å². The number of non-ortho nitro benzene ring substituents is 1. The topological polar surface area (TPSA) is 72.3 Å². The first-order chi connectivity index (χ1) is 15.6. The summed E-state index contributed by atoms with van der Waals surface area (Å²) < 4.78 is 3.56. The van der Waals surface area contributed by atoms with E-state index in [1.807, 2.05) is 70.1 Å². The molecule has 2 heterocycles. The Hall–Kier alpha value is -4.04. The second-order valence-corrected chi connectivity index (χ2v) is 7.79. The molecule has 3 aromatic carbocycles. The van der Waals surface area contributed by atoms with Gasteiger partial charge in [0.05, 0.1) is 10.5 Å². The monoisotopic (exact) mass is 442 g/mol. The highest BCUT2D eigenvalue weighted by atomic mass is 32.1. The van der Waals surface area contributed by atoms with Crippen LogP contribution >= 0.6 is 0 Å². The molecule has 0 unspecified atom stereocenters. The van der Waals surface area contributed by atoms with E-state index in [1.54, 1.807) is 16.7 Å². The largest absolute Gasteiger partial charge is 0.744 e. The second kappa shape index (κ2) is 7.90. The van der Waals surface area contributed by atoms with Gasteiger partial charge in [0.25, 0.3) is 5.69 Å². The summed E-state index contributed by atoms with van der Waals surface area (Å²) in [6.45, 7) is 1.12. The molecule has 5 rings (SSSR count). The predicted octanol–water partition coefficient (Wildman–Crippen LogP) is 3.76. The Morgan fingerprint density at radius 3 is 2.12 bits per heavy atom. The molecule has 1 aliphatic heterocycles. The number of anilines is 2. The van der Waals surface area contributed by atoms with Crippen LogP contribution in [0.5, 0.6) is 0 Å². The second-order valence-electron chi connectivity index (χ2n) is 7.40. The maximum absolute atomic E-state index is 13.6. The van der Waals surface area contributed by atoms with Crippen LogP contribution in [0.15, 0.2) is 94.7 Å². The minimum absolute atomic E-state index is 0.00629. The number of hydrogen-bond acceptors (Lipinski definition) is 5. The summed E-state index contributed by atoms with van der Waals surface area (Å²) >= 11 is 5.86. The number of nitro benzene ring substituents is 1. The molecule has 0 spiro atoms. The fourth-order valence-electron chi connectivity index (χ4n) is 4.07. The Bertz CT molecular complexity index is 1370. The summed E-state index contributed by atoms with van der Waals surface area (Å²) in [7, 11) is 0. The van der Waals surface area contributed by atoms with Gasteiger partial charge >= 0.3 is 11.5 Å². The molecule has 0 bridgehead atoms. The highest BCUT2D eigenvalue weighted by Crippen LogP contribution is 2.30. The normalized spacial score (nSPS) is 12.6. The van der Waals surface area contributed by atoms with Gasteiger partial charge in [-0.2, -0.15) is 4.57 Å². The minimum Gasteiger partial charge on any atom is -0.744 e. The minimum atomic E-state index is -0.436. The molecule has 0 saturated heterocycles. The molecule has 4 aromatic rings. The van der Waals surface area contributed by atoms with E-state index in [-0.39, 0.29) is 11.2 Å². The molecule has 0 radical (unpaired) electrons. The summed E-state index contributed by atoms with van der Waals surface area (Å²) in [6, 6.07) is 25.4. The van der Waals surface area contributed by atoms with Crippen molar-refractivity contribution in [3.05, 3.63) is 105 Å². The zero-order valence-corrected chi connectivity index (χ0v) is 17.7. The van der Waals surface area contributed by atoms with Crippen molar-refractivity contribution in [2.45, 2.75) is 11.6 Å². The van der Waals surface area contributed by atoms with Crippen molar-refractivity contribution >= 4 is 30.0 Å². The van der Waals surface area contributed by atoms with Gasteiger partial charge in [0.1, 0.15) is 24.5 Å². The van der Waals surface area contributed by atoms with Crippen LogP contribution in [0, 0.1) is 10.1 Å². The highest BCUT2D eigenvalue weighted by Gasteiger charge is 2.36. The van der Waals surface area contributed by atoms with Crippen LogP contribution in [0.4, 0.5) is 17.3 Å². The van der Waals surface area contributed by atoms with E-state index >= 15 is 0 Å². The van der Waals surface area contributed by atoms with E-state index in [0.717, 1.165) is 11.3 Å². The molecule has 7 nitrogen and oxygen atoms in total. The number of aromatic nitrogens is 2. The molecule has 32 heavy (non-hydrogen) atoms. The zero-order valence-electron chi connectivity index (χ0n) is 16.9. The lowest BCUT2D eigenvalue weighted by Crippen LogP contribution is -2.45. The smallest absolute Gasteiger partial charge is 0.371 e. The van der Waals surface area contributed by atoms with Gasteiger partial charge in [-0.05, 0) is 34.9 Å². The van der Waals surface area contributed by atoms with E-state index in [1.165, 1.54) is 12.1 Å². The first kappa shape index (κ1) is 19.9. The van der Waals surface area contributed by atoms with E-state index in [4.69, 9.17) is 12.6 Å². The molecule has 0 saturated carbocycles. The molecule has 1 aliphatic rings. The number of nitro groups is 1. The van der Waals surface area contributed by atoms with E-state index in [9.17, 15) is 14.9 Å². The Morgan fingerprint density at radius 1 is 0.875 bits per heavy atom. The number of rotatable bonds is 4. The number of fused-ring (bicyclic) bond motifs is 1. The Balaban J connectivity index is 1.81. The maximum atomic E-state index is 13.6. The van der Waals surface area contributed by atoms with Gasteiger partial charge < -0.3 is 12.6 Å². The molecule has 8 heteroatoms. The van der Waals surface area contributed by atoms with Gasteiger partial charge in [0, 0.05) is 12.1 Å². The van der Waals surface area contributed by atoms with Crippen molar-refractivity contribution in [1.82, 2.24) is 4.57 Å². The molecule has 0 fully saturated rings. The third-order valence-corrected chi connectivity index (χ3v) is 5.94. The first-order valence-corrected chi connectivity index (χ1v) is 10.5. The van der Waals surface area contributed by atoms with Gasteiger partial charge in [-0.15, -0.1) is 0 Å². The molecule has 0 atom stereocenters. The maximum Gasteiger partial charge on any atom is 0.371 e. The fraction of sp³-hybridized carbons (Fsp3) is 0.0833. The predicted molar refractivity (Wildman–Crippen MR) is 123 cm³/mol. The van der Waals surface area contributed by atoms with E-state index in [0.29, 0.717) is 35.3 Å². The Morgan fingerprint density at radius 2 is 1.50 bits per heavy atom. The van der Waals surface area contributed by atoms with Crippen LogP contribution in [0.25, 0.3) is 16.8 Å². The summed E-state index contributed by atoms with van der Waals surface area (Å²) in [4.78, 5) is 26.3. The lowest BCUT2D eigenvalue weighted by Gasteiger charge is -2.23. The van der Waals surface area contributed by atoms with Gasteiger partial charge in [0.15, 0.2) is 0 Å². The number of para-hydroxylation sites is 1. The van der Waals surface area contributed by atoms with Crippen molar-refractivity contribution in [3.8, 4) is 16.8 Å².